The Balaban J connectivity index is 1.77. The summed E-state index contributed by atoms with van der Waals surface area (Å²) in [6, 6.07) is 9.98. The largest absolute Gasteiger partial charge is 0.328 e. The van der Waals surface area contributed by atoms with Crippen LogP contribution >= 0.6 is 11.8 Å². The molecule has 0 saturated carbocycles. The fraction of sp³-hybridized carbons (Fsp3) is 0.476. The number of fused-ring (bicyclic) bond motifs is 1. The second-order valence-electron chi connectivity index (χ2n) is 8.14. The minimum absolute atomic E-state index is 0.0367. The first-order valence-corrected chi connectivity index (χ1v) is 10.6. The van der Waals surface area contributed by atoms with Crippen molar-refractivity contribution in [2.75, 3.05) is 11.1 Å². The Bertz CT molecular complexity index is 885. The van der Waals surface area contributed by atoms with E-state index in [0.29, 0.717) is 6.42 Å². The second-order valence-corrected chi connectivity index (χ2v) is 9.20. The number of nitrogens with zero attached hydrogens (tertiary/aromatic N) is 3. The summed E-state index contributed by atoms with van der Waals surface area (Å²) in [5, 5.41) is 8.97. The summed E-state index contributed by atoms with van der Waals surface area (Å²) in [5.74, 6) is 1.96. The number of ketones is 1. The van der Waals surface area contributed by atoms with Crippen LogP contribution < -0.4 is 5.32 Å². The van der Waals surface area contributed by atoms with Crippen LogP contribution in [0.25, 0.3) is 0 Å². The van der Waals surface area contributed by atoms with Gasteiger partial charge in [0.05, 0.1) is 0 Å². The average Bonchev–Trinajstić information content (AvgIpc) is 3.02. The molecule has 1 aromatic carbocycles. The van der Waals surface area contributed by atoms with Crippen LogP contribution in [-0.2, 0) is 4.79 Å². The van der Waals surface area contributed by atoms with Gasteiger partial charge < -0.3 is 5.32 Å². The van der Waals surface area contributed by atoms with Gasteiger partial charge in [-0.2, -0.15) is 4.98 Å². The predicted molar refractivity (Wildman–Crippen MR) is 109 cm³/mol. The topological polar surface area (TPSA) is 59.8 Å². The van der Waals surface area contributed by atoms with Crippen LogP contribution in [0.5, 0.6) is 0 Å². The number of nitrogens with one attached hydrogen (secondary N) is 1. The minimum Gasteiger partial charge on any atom is -0.328 e. The normalized spacial score (nSPS) is 20.9. The molecule has 2 aromatic rings. The molecule has 0 bridgehead atoms. The molecule has 1 aliphatic carbocycles. The van der Waals surface area contributed by atoms with Crippen LogP contribution in [0.2, 0.25) is 0 Å². The maximum absolute atomic E-state index is 13.1. The molecule has 4 rings (SSSR count). The lowest BCUT2D eigenvalue weighted by molar-refractivity contribution is -0.118. The van der Waals surface area contributed by atoms with E-state index in [4.69, 9.17) is 10.1 Å². The molecule has 27 heavy (non-hydrogen) atoms. The van der Waals surface area contributed by atoms with Gasteiger partial charge in [0, 0.05) is 23.4 Å². The molecule has 0 fully saturated rings. The number of benzene rings is 1. The lowest BCUT2D eigenvalue weighted by Crippen LogP contribution is -2.36. The number of Topliss-reactive ketones (excluding diaryl/α,β-unsaturated/α-hetero) is 1. The summed E-state index contributed by atoms with van der Waals surface area (Å²) in [6.45, 7) is 6.49. The Morgan fingerprint density at radius 1 is 1.26 bits per heavy atom. The molecule has 2 heterocycles. The number of thioether (sulfide) groups is 1. The molecular weight excluding hydrogens is 356 g/mol. The van der Waals surface area contributed by atoms with Crippen LogP contribution in [0.4, 0.5) is 5.95 Å². The SMILES string of the molecule is CCCCSc1nc2n(n1)C(c1ccccc1)C1=C(CC(C)(C)CC1=O)N2. The number of carbonyl (C=O) groups is 1. The standard InChI is InChI=1S/C21H26N4OS/c1-4-5-11-27-20-23-19-22-15-12-21(2,3)13-16(26)17(15)18(25(19)24-20)14-9-7-6-8-10-14/h6-10,18H,4-5,11-13H2,1-3H3,(H,22,23,24). The molecule has 6 heteroatoms. The van der Waals surface area contributed by atoms with Crippen molar-refractivity contribution in [2.24, 2.45) is 5.41 Å². The van der Waals surface area contributed by atoms with Crippen LogP contribution in [0.3, 0.4) is 0 Å². The maximum atomic E-state index is 13.1. The Morgan fingerprint density at radius 2 is 2.04 bits per heavy atom. The highest BCUT2D eigenvalue weighted by atomic mass is 32.2. The molecular formula is C21H26N4OS. The molecule has 1 unspecified atom stereocenters. The van der Waals surface area contributed by atoms with Gasteiger partial charge in [0.25, 0.3) is 0 Å². The second kappa shape index (κ2) is 7.15. The van der Waals surface area contributed by atoms with Crippen molar-refractivity contribution in [1.82, 2.24) is 14.8 Å². The van der Waals surface area contributed by atoms with Crippen molar-refractivity contribution < 1.29 is 4.79 Å². The van der Waals surface area contributed by atoms with Crippen molar-refractivity contribution in [3.63, 3.8) is 0 Å². The Kier molecular flexibility index (Phi) is 4.84. The molecule has 1 aliphatic heterocycles. The smallest absolute Gasteiger partial charge is 0.227 e. The minimum atomic E-state index is -0.200. The van der Waals surface area contributed by atoms with Gasteiger partial charge in [-0.15, -0.1) is 5.10 Å². The molecule has 0 saturated heterocycles. The number of unbranched alkanes of at least 4 members (excludes halogenated alkanes) is 1. The average molecular weight is 383 g/mol. The first kappa shape index (κ1) is 18.3. The fourth-order valence-corrected chi connectivity index (χ4v) is 4.81. The molecule has 0 spiro atoms. The van der Waals surface area contributed by atoms with E-state index in [1.165, 1.54) is 0 Å². The zero-order valence-electron chi connectivity index (χ0n) is 16.2. The summed E-state index contributed by atoms with van der Waals surface area (Å²) in [7, 11) is 0. The van der Waals surface area contributed by atoms with E-state index in [9.17, 15) is 4.79 Å². The predicted octanol–water partition coefficient (Wildman–Crippen LogP) is 4.83. The van der Waals surface area contributed by atoms with Crippen LogP contribution in [-0.4, -0.2) is 26.3 Å². The third kappa shape index (κ3) is 3.55. The summed E-state index contributed by atoms with van der Waals surface area (Å²) in [6.07, 6.45) is 3.72. The van der Waals surface area contributed by atoms with E-state index in [1.54, 1.807) is 11.8 Å². The summed E-state index contributed by atoms with van der Waals surface area (Å²) in [5.41, 5.74) is 2.90. The summed E-state index contributed by atoms with van der Waals surface area (Å²) >= 11 is 1.68. The lowest BCUT2D eigenvalue weighted by atomic mass is 9.73. The Morgan fingerprint density at radius 3 is 2.78 bits per heavy atom. The van der Waals surface area contributed by atoms with E-state index in [2.05, 4.69) is 38.2 Å². The monoisotopic (exact) mass is 382 g/mol. The first-order chi connectivity index (χ1) is 13.0. The number of rotatable bonds is 5. The quantitative estimate of drug-likeness (QED) is 0.593. The van der Waals surface area contributed by atoms with Gasteiger partial charge in [-0.25, -0.2) is 4.68 Å². The Hall–Kier alpha value is -2.08. The van der Waals surface area contributed by atoms with Crippen molar-refractivity contribution in [1.29, 1.82) is 0 Å². The van der Waals surface area contributed by atoms with Crippen molar-refractivity contribution >= 4 is 23.5 Å². The van der Waals surface area contributed by atoms with Gasteiger partial charge in [-0.3, -0.25) is 4.79 Å². The highest BCUT2D eigenvalue weighted by molar-refractivity contribution is 7.99. The van der Waals surface area contributed by atoms with Gasteiger partial charge in [0.15, 0.2) is 5.78 Å². The van der Waals surface area contributed by atoms with Crippen molar-refractivity contribution in [3.05, 3.63) is 47.2 Å². The van der Waals surface area contributed by atoms with E-state index in [-0.39, 0.29) is 17.2 Å². The number of allylic oxidation sites excluding steroid dienone is 2. The van der Waals surface area contributed by atoms with E-state index in [0.717, 1.165) is 53.0 Å². The van der Waals surface area contributed by atoms with E-state index < -0.39 is 0 Å². The van der Waals surface area contributed by atoms with Gasteiger partial charge in [-0.1, -0.05) is 69.3 Å². The molecule has 2 aliphatic rings. The van der Waals surface area contributed by atoms with Crippen molar-refractivity contribution in [2.45, 2.75) is 57.7 Å². The molecule has 1 aromatic heterocycles. The molecule has 0 radical (unpaired) electrons. The third-order valence-electron chi connectivity index (χ3n) is 5.16. The van der Waals surface area contributed by atoms with Crippen LogP contribution in [0.1, 0.15) is 58.1 Å². The maximum Gasteiger partial charge on any atom is 0.227 e. The van der Waals surface area contributed by atoms with Crippen LogP contribution in [0.15, 0.2) is 46.8 Å². The molecule has 142 valence electrons. The lowest BCUT2D eigenvalue weighted by Gasteiger charge is -2.38. The number of hydrogen-bond donors (Lipinski definition) is 1. The van der Waals surface area contributed by atoms with Gasteiger partial charge in [0.1, 0.15) is 6.04 Å². The van der Waals surface area contributed by atoms with E-state index in [1.807, 2.05) is 22.9 Å². The van der Waals surface area contributed by atoms with Gasteiger partial charge >= 0.3 is 0 Å². The third-order valence-corrected chi connectivity index (χ3v) is 6.08. The Labute approximate surface area is 164 Å². The van der Waals surface area contributed by atoms with Crippen LogP contribution in [0, 0.1) is 5.41 Å². The fourth-order valence-electron chi connectivity index (χ4n) is 3.90. The molecule has 0 amide bonds. The number of aromatic nitrogens is 3. The van der Waals surface area contributed by atoms with E-state index >= 15 is 0 Å². The molecule has 1 atom stereocenters. The number of anilines is 1. The number of hydrogen-bond acceptors (Lipinski definition) is 5. The highest BCUT2D eigenvalue weighted by Crippen LogP contribution is 2.45. The van der Waals surface area contributed by atoms with Crippen molar-refractivity contribution in [3.8, 4) is 0 Å². The molecule has 5 nitrogen and oxygen atoms in total. The zero-order valence-corrected chi connectivity index (χ0v) is 17.0. The highest BCUT2D eigenvalue weighted by Gasteiger charge is 2.41. The zero-order chi connectivity index (χ0) is 19.0. The molecule has 1 N–H and O–H groups in total. The summed E-state index contributed by atoms with van der Waals surface area (Å²) < 4.78 is 1.90. The summed E-state index contributed by atoms with van der Waals surface area (Å²) in [4.78, 5) is 17.8. The van der Waals surface area contributed by atoms with Gasteiger partial charge in [0.2, 0.25) is 11.1 Å². The first-order valence-electron chi connectivity index (χ1n) is 9.66. The number of carbonyl (C=O) groups excluding carboxylic acids is 1. The van der Waals surface area contributed by atoms with Gasteiger partial charge in [-0.05, 0) is 23.8 Å².